The Hall–Kier alpha value is -0.580. The smallest absolute Gasteiger partial charge is 0.379 e. The van der Waals surface area contributed by atoms with E-state index in [1.54, 1.807) is 6.92 Å². The fraction of sp³-hybridized carbons (Fsp3) is 0.250. The molecule has 0 saturated heterocycles. The van der Waals surface area contributed by atoms with Crippen LogP contribution in [-0.4, -0.2) is 18.4 Å². The second kappa shape index (κ2) is 4.77. The number of hydrogen-bond acceptors (Lipinski definition) is 4. The van der Waals surface area contributed by atoms with Crippen molar-refractivity contribution in [3.63, 3.8) is 0 Å². The Kier molecular flexibility index (Phi) is 3.92. The summed E-state index contributed by atoms with van der Waals surface area (Å²) in [6, 6.07) is 1.35. The van der Waals surface area contributed by atoms with Gasteiger partial charge in [-0.2, -0.15) is 0 Å². The summed E-state index contributed by atoms with van der Waals surface area (Å²) >= 11 is 12.3. The first-order valence-corrected chi connectivity index (χ1v) is 5.29. The molecule has 0 saturated carbocycles. The first-order valence-electron chi connectivity index (χ1n) is 3.72. The molecule has 1 heterocycles. The van der Waals surface area contributed by atoms with Gasteiger partial charge in [-0.05, 0) is 13.0 Å². The van der Waals surface area contributed by atoms with Crippen molar-refractivity contribution in [2.45, 2.75) is 6.92 Å². The number of Topliss-reactive ketones (excluding diaryl/α,β-unsaturated/α-hetero) is 1. The van der Waals surface area contributed by atoms with E-state index in [1.165, 1.54) is 6.07 Å². The second-order valence-electron chi connectivity index (χ2n) is 2.29. The summed E-state index contributed by atoms with van der Waals surface area (Å²) in [5, 5.41) is 0. The fourth-order valence-corrected chi connectivity index (χ4v) is 2.26. The Labute approximate surface area is 94.6 Å². The van der Waals surface area contributed by atoms with Crippen LogP contribution in [0.15, 0.2) is 6.07 Å². The first-order chi connectivity index (χ1) is 6.56. The van der Waals surface area contributed by atoms with Crippen LogP contribution >= 0.6 is 34.5 Å². The Bertz CT molecular complexity index is 373. The third-order valence-electron chi connectivity index (χ3n) is 1.36. The lowest BCUT2D eigenvalue weighted by atomic mass is 10.2. The summed E-state index contributed by atoms with van der Waals surface area (Å²) < 4.78 is 5.10. The van der Waals surface area contributed by atoms with Gasteiger partial charge in [-0.15, -0.1) is 11.3 Å². The van der Waals surface area contributed by atoms with E-state index < -0.39 is 11.8 Å². The average molecular weight is 253 g/mol. The summed E-state index contributed by atoms with van der Waals surface area (Å²) in [7, 11) is 0. The van der Waals surface area contributed by atoms with Gasteiger partial charge in [0.15, 0.2) is 0 Å². The molecule has 1 rings (SSSR count). The van der Waals surface area contributed by atoms with E-state index in [1.807, 2.05) is 0 Å². The average Bonchev–Trinajstić information content (AvgIpc) is 2.44. The lowest BCUT2D eigenvalue weighted by Crippen LogP contribution is -2.17. The van der Waals surface area contributed by atoms with Crippen molar-refractivity contribution in [1.82, 2.24) is 0 Å². The molecule has 0 atom stereocenters. The van der Waals surface area contributed by atoms with Gasteiger partial charge in [0, 0.05) is 0 Å². The summed E-state index contributed by atoms with van der Waals surface area (Å²) in [5.74, 6) is -1.68. The van der Waals surface area contributed by atoms with Crippen molar-refractivity contribution in [3.05, 3.63) is 20.3 Å². The van der Waals surface area contributed by atoms with Gasteiger partial charge in [-0.3, -0.25) is 4.79 Å². The van der Waals surface area contributed by atoms with Gasteiger partial charge in [0.1, 0.15) is 4.34 Å². The number of rotatable bonds is 3. The van der Waals surface area contributed by atoms with Gasteiger partial charge in [-0.25, -0.2) is 4.79 Å². The van der Waals surface area contributed by atoms with E-state index in [0.717, 1.165) is 11.3 Å². The molecule has 0 fully saturated rings. The maximum Gasteiger partial charge on any atom is 0.379 e. The molecule has 0 bridgehead atoms. The SMILES string of the molecule is CCOC(=O)C(=O)c1cc(Cl)sc1Cl. The van der Waals surface area contributed by atoms with Gasteiger partial charge in [0.2, 0.25) is 0 Å². The van der Waals surface area contributed by atoms with Crippen molar-refractivity contribution >= 4 is 46.3 Å². The quantitative estimate of drug-likeness (QED) is 0.472. The van der Waals surface area contributed by atoms with E-state index >= 15 is 0 Å². The first kappa shape index (κ1) is 11.5. The predicted octanol–water partition coefficient (Wildman–Crippen LogP) is 2.80. The molecular weight excluding hydrogens is 247 g/mol. The summed E-state index contributed by atoms with van der Waals surface area (Å²) in [6.45, 7) is 1.77. The number of esters is 1. The number of ether oxygens (including phenoxy) is 1. The molecule has 0 amide bonds. The van der Waals surface area contributed by atoms with Crippen molar-refractivity contribution in [2.24, 2.45) is 0 Å². The van der Waals surface area contributed by atoms with E-state index in [9.17, 15) is 9.59 Å². The van der Waals surface area contributed by atoms with Crippen LogP contribution in [0.5, 0.6) is 0 Å². The Morgan fingerprint density at radius 3 is 2.57 bits per heavy atom. The summed E-state index contributed by atoms with van der Waals surface area (Å²) in [6.07, 6.45) is 0. The Morgan fingerprint density at radius 1 is 1.50 bits per heavy atom. The summed E-state index contributed by atoms with van der Waals surface area (Å²) in [5.41, 5.74) is 0.0973. The Balaban J connectivity index is 2.89. The molecule has 0 N–H and O–H groups in total. The topological polar surface area (TPSA) is 43.4 Å². The molecule has 6 heteroatoms. The third-order valence-corrected chi connectivity index (χ3v) is 2.85. The molecule has 14 heavy (non-hydrogen) atoms. The maximum atomic E-state index is 11.4. The standard InChI is InChI=1S/C8H6Cl2O3S/c1-2-13-8(12)6(11)4-3-5(9)14-7(4)10/h3H,2H2,1H3. The van der Waals surface area contributed by atoms with Crippen LogP contribution in [0.2, 0.25) is 8.67 Å². The highest BCUT2D eigenvalue weighted by Gasteiger charge is 2.22. The van der Waals surface area contributed by atoms with Crippen molar-refractivity contribution in [1.29, 1.82) is 0 Å². The van der Waals surface area contributed by atoms with Crippen LogP contribution in [0, 0.1) is 0 Å². The van der Waals surface area contributed by atoms with Gasteiger partial charge < -0.3 is 4.74 Å². The maximum absolute atomic E-state index is 11.4. The molecule has 1 aromatic rings. The van der Waals surface area contributed by atoms with Crippen molar-refractivity contribution < 1.29 is 14.3 Å². The molecule has 0 aliphatic rings. The van der Waals surface area contributed by atoms with Crippen molar-refractivity contribution in [2.75, 3.05) is 6.61 Å². The minimum atomic E-state index is -0.913. The molecule has 76 valence electrons. The van der Waals surface area contributed by atoms with E-state index in [4.69, 9.17) is 23.2 Å². The highest BCUT2D eigenvalue weighted by molar-refractivity contribution is 7.20. The zero-order valence-corrected chi connectivity index (χ0v) is 9.50. The van der Waals surface area contributed by atoms with Crippen LogP contribution in [0.1, 0.15) is 17.3 Å². The van der Waals surface area contributed by atoms with Gasteiger partial charge in [0.25, 0.3) is 5.78 Å². The van der Waals surface area contributed by atoms with Gasteiger partial charge in [-0.1, -0.05) is 23.2 Å². The van der Waals surface area contributed by atoms with Gasteiger partial charge >= 0.3 is 5.97 Å². The van der Waals surface area contributed by atoms with E-state index in [0.29, 0.717) is 4.34 Å². The highest BCUT2D eigenvalue weighted by atomic mass is 35.5. The van der Waals surface area contributed by atoms with E-state index in [-0.39, 0.29) is 16.5 Å². The Morgan fingerprint density at radius 2 is 2.14 bits per heavy atom. The normalized spacial score (nSPS) is 9.93. The number of thiophene rings is 1. The lowest BCUT2D eigenvalue weighted by Gasteiger charge is -1.98. The largest absolute Gasteiger partial charge is 0.460 e. The highest BCUT2D eigenvalue weighted by Crippen LogP contribution is 2.31. The number of halogens is 2. The van der Waals surface area contributed by atoms with Crippen molar-refractivity contribution in [3.8, 4) is 0 Å². The number of carbonyl (C=O) groups excluding carboxylic acids is 2. The molecule has 0 unspecified atom stereocenters. The predicted molar refractivity (Wildman–Crippen MR) is 55.3 cm³/mol. The minimum Gasteiger partial charge on any atom is -0.460 e. The molecule has 0 spiro atoms. The zero-order chi connectivity index (χ0) is 10.7. The molecule has 3 nitrogen and oxygen atoms in total. The van der Waals surface area contributed by atoms with Crippen LogP contribution in [-0.2, 0) is 9.53 Å². The molecule has 0 aliphatic carbocycles. The van der Waals surface area contributed by atoms with Crippen LogP contribution in [0.4, 0.5) is 0 Å². The fourth-order valence-electron chi connectivity index (χ4n) is 0.802. The van der Waals surface area contributed by atoms with Gasteiger partial charge in [0.05, 0.1) is 16.5 Å². The monoisotopic (exact) mass is 252 g/mol. The summed E-state index contributed by atoms with van der Waals surface area (Å²) in [4.78, 5) is 22.4. The zero-order valence-electron chi connectivity index (χ0n) is 7.17. The van der Waals surface area contributed by atoms with Crippen LogP contribution < -0.4 is 0 Å². The van der Waals surface area contributed by atoms with E-state index in [2.05, 4.69) is 4.74 Å². The number of carbonyl (C=O) groups is 2. The minimum absolute atomic E-state index is 0.0973. The molecular formula is C8H6Cl2O3S. The molecule has 0 radical (unpaired) electrons. The lowest BCUT2D eigenvalue weighted by molar-refractivity contribution is -0.137. The van der Waals surface area contributed by atoms with Crippen LogP contribution in [0.3, 0.4) is 0 Å². The molecule has 1 aromatic heterocycles. The second-order valence-corrected chi connectivity index (χ2v) is 4.57. The third kappa shape index (κ3) is 2.47. The van der Waals surface area contributed by atoms with Crippen LogP contribution in [0.25, 0.3) is 0 Å². The molecule has 0 aromatic carbocycles. The molecule has 0 aliphatic heterocycles. The number of ketones is 1. The number of hydrogen-bond donors (Lipinski definition) is 0.